The van der Waals surface area contributed by atoms with Gasteiger partial charge in [0.2, 0.25) is 0 Å². The number of aromatic nitrogens is 2. The summed E-state index contributed by atoms with van der Waals surface area (Å²) in [7, 11) is 5.91. The molecule has 0 bridgehead atoms. The molecule has 37 heavy (non-hydrogen) atoms. The molecule has 2 aliphatic heterocycles. The molecule has 0 radical (unpaired) electrons. The Labute approximate surface area is 220 Å². The molecule has 0 amide bonds. The van der Waals surface area contributed by atoms with E-state index in [1.165, 1.54) is 22.0 Å². The van der Waals surface area contributed by atoms with Crippen molar-refractivity contribution in [2.75, 3.05) is 77.1 Å². The van der Waals surface area contributed by atoms with Crippen LogP contribution < -0.4 is 19.9 Å². The largest absolute Gasteiger partial charge is 0.467 e. The lowest BCUT2D eigenvalue weighted by Gasteiger charge is -2.36. The van der Waals surface area contributed by atoms with Gasteiger partial charge in [-0.15, -0.1) is 0 Å². The molecule has 0 spiro atoms. The van der Waals surface area contributed by atoms with Gasteiger partial charge in [-0.05, 0) is 37.9 Å². The summed E-state index contributed by atoms with van der Waals surface area (Å²) < 4.78 is 11.0. The monoisotopic (exact) mass is 504 g/mol. The second kappa shape index (κ2) is 11.6. The molecule has 2 aliphatic rings. The Morgan fingerprint density at radius 3 is 2.65 bits per heavy atom. The number of nitrogens with one attached hydrogen (secondary N) is 1. The minimum Gasteiger partial charge on any atom is -0.467 e. The normalized spacial score (nSPS) is 16.8. The van der Waals surface area contributed by atoms with Crippen molar-refractivity contribution < 1.29 is 9.47 Å². The van der Waals surface area contributed by atoms with Gasteiger partial charge < -0.3 is 29.5 Å². The zero-order valence-electron chi connectivity index (χ0n) is 22.7. The van der Waals surface area contributed by atoms with E-state index in [1.54, 1.807) is 7.11 Å². The molecule has 198 valence electrons. The smallest absolute Gasteiger partial charge is 0.188 e. The molecule has 0 aliphatic carbocycles. The first-order valence-electron chi connectivity index (χ1n) is 13.4. The number of fused-ring (bicyclic) bond motifs is 2. The van der Waals surface area contributed by atoms with Crippen LogP contribution >= 0.6 is 0 Å². The van der Waals surface area contributed by atoms with E-state index in [0.717, 1.165) is 81.7 Å². The molecule has 0 saturated carbocycles. The molecule has 2 aromatic carbocycles. The number of piperazine rings is 1. The van der Waals surface area contributed by atoms with Crippen LogP contribution in [0.3, 0.4) is 0 Å². The fourth-order valence-electron chi connectivity index (χ4n) is 5.63. The Balaban J connectivity index is 1.50. The van der Waals surface area contributed by atoms with Crippen molar-refractivity contribution in [2.24, 2.45) is 5.92 Å². The second-order valence-corrected chi connectivity index (χ2v) is 10.6. The summed E-state index contributed by atoms with van der Waals surface area (Å²) in [5.41, 5.74) is 3.66. The van der Waals surface area contributed by atoms with Crippen LogP contribution in [0.2, 0.25) is 0 Å². The molecule has 0 unspecified atom stereocenters. The third-order valence-electron chi connectivity index (χ3n) is 7.21. The van der Waals surface area contributed by atoms with Gasteiger partial charge in [-0.25, -0.2) is 9.97 Å². The number of methoxy groups -OCH3 is 1. The molecule has 8 nitrogen and oxygen atoms in total. The maximum absolute atomic E-state index is 5.87. The predicted molar refractivity (Wildman–Crippen MR) is 150 cm³/mol. The van der Waals surface area contributed by atoms with Gasteiger partial charge in [-0.2, -0.15) is 0 Å². The van der Waals surface area contributed by atoms with Crippen molar-refractivity contribution in [1.82, 2.24) is 20.2 Å². The average Bonchev–Trinajstić information content (AvgIpc) is 2.90. The highest BCUT2D eigenvalue weighted by atomic mass is 16.7. The zero-order chi connectivity index (χ0) is 25.8. The van der Waals surface area contributed by atoms with E-state index in [9.17, 15) is 0 Å². The summed E-state index contributed by atoms with van der Waals surface area (Å²) >= 11 is 0. The van der Waals surface area contributed by atoms with E-state index in [0.29, 0.717) is 5.92 Å². The lowest BCUT2D eigenvalue weighted by atomic mass is 10.0. The third kappa shape index (κ3) is 5.98. The van der Waals surface area contributed by atoms with Crippen molar-refractivity contribution in [2.45, 2.75) is 26.3 Å². The highest BCUT2D eigenvalue weighted by molar-refractivity contribution is 5.95. The first-order chi connectivity index (χ1) is 18.0. The topological polar surface area (TPSA) is 66.0 Å². The quantitative estimate of drug-likeness (QED) is 0.445. The molecule has 8 heteroatoms. The van der Waals surface area contributed by atoms with Crippen molar-refractivity contribution in [3.05, 3.63) is 53.5 Å². The van der Waals surface area contributed by atoms with Gasteiger partial charge in [0, 0.05) is 75.5 Å². The highest BCUT2D eigenvalue weighted by Crippen LogP contribution is 2.36. The Morgan fingerprint density at radius 1 is 1.05 bits per heavy atom. The van der Waals surface area contributed by atoms with Crippen LogP contribution in [0.1, 0.15) is 24.0 Å². The number of anilines is 2. The Morgan fingerprint density at radius 2 is 1.86 bits per heavy atom. The fraction of sp³-hybridized carbons (Fsp3) is 0.517. The number of hydrogen-bond acceptors (Lipinski definition) is 8. The van der Waals surface area contributed by atoms with Gasteiger partial charge in [0.1, 0.15) is 17.4 Å². The van der Waals surface area contributed by atoms with Crippen molar-refractivity contribution in [1.29, 1.82) is 0 Å². The van der Waals surface area contributed by atoms with E-state index < -0.39 is 0 Å². The lowest BCUT2D eigenvalue weighted by molar-refractivity contribution is 0.0512. The Hall–Kier alpha value is -2.94. The number of hydrogen-bond donors (Lipinski definition) is 1. The van der Waals surface area contributed by atoms with Gasteiger partial charge in [-0.3, -0.25) is 0 Å². The molecule has 5 rings (SSSR count). The summed E-state index contributed by atoms with van der Waals surface area (Å²) in [5.74, 6) is 3.43. The molecule has 1 saturated heterocycles. The zero-order valence-corrected chi connectivity index (χ0v) is 22.7. The second-order valence-electron chi connectivity index (χ2n) is 10.6. The summed E-state index contributed by atoms with van der Waals surface area (Å²) in [5, 5.41) is 5.87. The van der Waals surface area contributed by atoms with Gasteiger partial charge >= 0.3 is 0 Å². The molecule has 1 atom stereocenters. The molecule has 3 heterocycles. The van der Waals surface area contributed by atoms with E-state index in [2.05, 4.69) is 77.4 Å². The van der Waals surface area contributed by atoms with Gasteiger partial charge in [0.05, 0.1) is 12.2 Å². The van der Waals surface area contributed by atoms with E-state index >= 15 is 0 Å². The van der Waals surface area contributed by atoms with Crippen LogP contribution in [-0.4, -0.2) is 82.1 Å². The Kier molecular flexibility index (Phi) is 8.08. The summed E-state index contributed by atoms with van der Waals surface area (Å²) in [6.45, 7) is 9.21. The molecule has 1 aromatic heterocycles. The minimum atomic E-state index is 0.233. The standard InChI is InChI=1S/C29H40N6O2/c1-21(18-33(2)3)15-28-31-26-19-35(12-9-25(26)29(32-28)34-13-10-30-11-14-34)27-17-23(37-20-36-4)16-22-7-5-6-8-24(22)27/h5-8,16-17,21,30H,9-15,18-20H2,1-4H3/t21-/m0/s1. The summed E-state index contributed by atoms with van der Waals surface area (Å²) in [4.78, 5) is 17.5. The fourth-order valence-corrected chi connectivity index (χ4v) is 5.63. The lowest BCUT2D eigenvalue weighted by Crippen LogP contribution is -2.45. The highest BCUT2D eigenvalue weighted by Gasteiger charge is 2.27. The molecular weight excluding hydrogens is 464 g/mol. The SMILES string of the molecule is COCOc1cc(N2CCc3c(nc(C[C@H](C)CN(C)C)nc3N3CCNCC3)C2)c2ccccc2c1. The van der Waals surface area contributed by atoms with Gasteiger partial charge in [-0.1, -0.05) is 31.2 Å². The molecular formula is C29H40N6O2. The van der Waals surface area contributed by atoms with Gasteiger partial charge in [0.25, 0.3) is 0 Å². The predicted octanol–water partition coefficient (Wildman–Crippen LogP) is 3.33. The first kappa shape index (κ1) is 25.7. The van der Waals surface area contributed by atoms with Crippen molar-refractivity contribution in [3.63, 3.8) is 0 Å². The van der Waals surface area contributed by atoms with E-state index in [4.69, 9.17) is 19.4 Å². The minimum absolute atomic E-state index is 0.233. The summed E-state index contributed by atoms with van der Waals surface area (Å²) in [6.07, 6.45) is 1.81. The maximum Gasteiger partial charge on any atom is 0.188 e. The molecule has 1 N–H and O–H groups in total. The number of ether oxygens (including phenoxy) is 2. The van der Waals surface area contributed by atoms with Crippen LogP contribution in [-0.2, 0) is 24.1 Å². The number of benzene rings is 2. The summed E-state index contributed by atoms with van der Waals surface area (Å²) in [6, 6.07) is 12.8. The van der Waals surface area contributed by atoms with Crippen LogP contribution in [0, 0.1) is 5.92 Å². The average molecular weight is 505 g/mol. The molecule has 1 fully saturated rings. The van der Waals surface area contributed by atoms with E-state index in [1.807, 2.05) is 0 Å². The first-order valence-corrected chi connectivity index (χ1v) is 13.4. The van der Waals surface area contributed by atoms with Crippen molar-refractivity contribution in [3.8, 4) is 5.75 Å². The Bertz CT molecular complexity index is 1210. The van der Waals surface area contributed by atoms with Crippen LogP contribution in [0.15, 0.2) is 36.4 Å². The van der Waals surface area contributed by atoms with E-state index in [-0.39, 0.29) is 6.79 Å². The van der Waals surface area contributed by atoms with Crippen LogP contribution in [0.5, 0.6) is 5.75 Å². The van der Waals surface area contributed by atoms with Crippen LogP contribution in [0.4, 0.5) is 11.5 Å². The number of rotatable bonds is 9. The van der Waals surface area contributed by atoms with Crippen molar-refractivity contribution >= 4 is 22.3 Å². The maximum atomic E-state index is 5.87. The molecule has 3 aromatic rings. The third-order valence-corrected chi connectivity index (χ3v) is 7.21. The number of nitrogens with zero attached hydrogens (tertiary/aromatic N) is 5. The van der Waals surface area contributed by atoms with Gasteiger partial charge in [0.15, 0.2) is 6.79 Å². The van der Waals surface area contributed by atoms with Crippen LogP contribution in [0.25, 0.3) is 10.8 Å².